The van der Waals surface area contributed by atoms with Crippen LogP contribution in [0.15, 0.2) is 0 Å². The first kappa shape index (κ1) is 13.1. The van der Waals surface area contributed by atoms with Crippen LogP contribution in [0.1, 0.15) is 81.8 Å². The summed E-state index contributed by atoms with van der Waals surface area (Å²) in [5, 5.41) is 4.77. The molecule has 4 heteroatoms. The Bertz CT molecular complexity index is 422. The van der Waals surface area contributed by atoms with Crippen molar-refractivity contribution in [1.29, 1.82) is 0 Å². The predicted molar refractivity (Wildman–Crippen MR) is 76.1 cm³/mol. The first-order chi connectivity index (χ1) is 9.28. The second-order valence-corrected chi connectivity index (χ2v) is 6.30. The highest BCUT2D eigenvalue weighted by Gasteiger charge is 2.31. The van der Waals surface area contributed by atoms with Crippen molar-refractivity contribution < 1.29 is 0 Å². The molecular weight excluding hydrogens is 236 g/mol. The molecule has 2 fully saturated rings. The zero-order valence-electron chi connectivity index (χ0n) is 12.0. The summed E-state index contributed by atoms with van der Waals surface area (Å²) < 4.78 is 2.19. The van der Waals surface area contributed by atoms with E-state index in [2.05, 4.69) is 11.6 Å². The number of unbranched alkanes of at least 4 members (excludes halogenated alkanes) is 1. The number of rotatable bonds is 5. The minimum absolute atomic E-state index is 0.361. The van der Waals surface area contributed by atoms with E-state index in [-0.39, 0.29) is 0 Å². The Labute approximate surface area is 115 Å². The van der Waals surface area contributed by atoms with E-state index in [0.29, 0.717) is 17.9 Å². The molecule has 0 bridgehead atoms. The van der Waals surface area contributed by atoms with Gasteiger partial charge in [0.1, 0.15) is 5.82 Å². The third-order valence-electron chi connectivity index (χ3n) is 4.46. The molecule has 0 saturated heterocycles. The van der Waals surface area contributed by atoms with Gasteiger partial charge in [0.2, 0.25) is 0 Å². The number of aryl methyl sites for hydroxylation is 1. The molecule has 2 saturated carbocycles. The quantitative estimate of drug-likeness (QED) is 0.887. The average molecular weight is 262 g/mol. The molecule has 2 aliphatic rings. The fraction of sp³-hybridized carbons (Fsp3) is 0.867. The molecule has 0 aromatic carbocycles. The average Bonchev–Trinajstić information content (AvgIpc) is 3.17. The number of nitrogens with two attached hydrogens (primary N) is 1. The highest BCUT2D eigenvalue weighted by Crippen LogP contribution is 2.39. The summed E-state index contributed by atoms with van der Waals surface area (Å²) >= 11 is 0. The van der Waals surface area contributed by atoms with Gasteiger partial charge < -0.3 is 5.73 Å². The molecule has 0 radical (unpaired) electrons. The molecule has 3 rings (SSSR count). The fourth-order valence-corrected chi connectivity index (χ4v) is 3.12. The molecule has 1 aromatic rings. The Kier molecular flexibility index (Phi) is 3.87. The maximum Gasteiger partial charge on any atom is 0.154 e. The summed E-state index contributed by atoms with van der Waals surface area (Å²) in [4.78, 5) is 4.88. The van der Waals surface area contributed by atoms with Gasteiger partial charge >= 0.3 is 0 Å². The van der Waals surface area contributed by atoms with Crippen LogP contribution in [-0.2, 0) is 6.54 Å². The lowest BCUT2D eigenvalue weighted by atomic mass is 9.85. The van der Waals surface area contributed by atoms with Crippen LogP contribution >= 0.6 is 0 Å². The normalized spacial score (nSPS) is 27.7. The molecule has 1 heterocycles. The van der Waals surface area contributed by atoms with Crippen molar-refractivity contribution in [3.63, 3.8) is 0 Å². The van der Waals surface area contributed by atoms with Crippen LogP contribution in [0.3, 0.4) is 0 Å². The topological polar surface area (TPSA) is 56.7 Å². The predicted octanol–water partition coefficient (Wildman–Crippen LogP) is 2.94. The molecule has 2 atom stereocenters. The molecule has 1 aromatic heterocycles. The van der Waals surface area contributed by atoms with Gasteiger partial charge in [0, 0.05) is 24.4 Å². The molecular formula is C15H26N4. The van der Waals surface area contributed by atoms with Gasteiger partial charge in [-0.15, -0.1) is 0 Å². The van der Waals surface area contributed by atoms with Crippen LogP contribution in [0.4, 0.5) is 0 Å². The lowest BCUT2D eigenvalue weighted by Crippen LogP contribution is -2.28. The molecule has 0 spiro atoms. The minimum atomic E-state index is 0.361. The molecule has 2 aliphatic carbocycles. The monoisotopic (exact) mass is 262 g/mol. The summed E-state index contributed by atoms with van der Waals surface area (Å²) in [6.45, 7) is 3.26. The van der Waals surface area contributed by atoms with Gasteiger partial charge in [0.25, 0.3) is 0 Å². The fourth-order valence-electron chi connectivity index (χ4n) is 3.12. The van der Waals surface area contributed by atoms with E-state index in [4.69, 9.17) is 15.8 Å². The van der Waals surface area contributed by atoms with Gasteiger partial charge in [0.15, 0.2) is 5.82 Å². The van der Waals surface area contributed by atoms with Gasteiger partial charge in [-0.3, -0.25) is 0 Å². The van der Waals surface area contributed by atoms with E-state index < -0.39 is 0 Å². The smallest absolute Gasteiger partial charge is 0.154 e. The first-order valence-electron chi connectivity index (χ1n) is 7.98. The Morgan fingerprint density at radius 3 is 2.74 bits per heavy atom. The molecule has 2 N–H and O–H groups in total. The van der Waals surface area contributed by atoms with E-state index in [1.54, 1.807) is 0 Å². The molecule has 19 heavy (non-hydrogen) atoms. The zero-order chi connectivity index (χ0) is 13.2. The molecule has 0 aliphatic heterocycles. The first-order valence-corrected chi connectivity index (χ1v) is 7.98. The van der Waals surface area contributed by atoms with E-state index in [9.17, 15) is 0 Å². The minimum Gasteiger partial charge on any atom is -0.328 e. The van der Waals surface area contributed by atoms with Gasteiger partial charge in [-0.2, -0.15) is 5.10 Å². The summed E-state index contributed by atoms with van der Waals surface area (Å²) in [6.07, 6.45) is 9.71. The third-order valence-corrected chi connectivity index (χ3v) is 4.46. The highest BCUT2D eigenvalue weighted by molar-refractivity contribution is 5.10. The van der Waals surface area contributed by atoms with E-state index in [1.165, 1.54) is 50.8 Å². The number of aromatic nitrogens is 3. The standard InChI is InChI=1S/C15H26N4/c1-2-3-9-19-15(12-5-4-6-13(16)10-12)17-14(18-19)11-7-8-11/h11-13H,2-10,16H2,1H3. The Hall–Kier alpha value is -0.900. The highest BCUT2D eigenvalue weighted by atomic mass is 15.4. The Morgan fingerprint density at radius 1 is 1.21 bits per heavy atom. The molecule has 4 nitrogen and oxygen atoms in total. The van der Waals surface area contributed by atoms with Crippen molar-refractivity contribution in [2.75, 3.05) is 0 Å². The summed E-state index contributed by atoms with van der Waals surface area (Å²) in [6, 6.07) is 0.361. The third kappa shape index (κ3) is 2.99. The second kappa shape index (κ2) is 5.61. The SMILES string of the molecule is CCCCn1nc(C2CC2)nc1C1CCCC(N)C1. The van der Waals surface area contributed by atoms with Gasteiger partial charge in [0.05, 0.1) is 0 Å². The van der Waals surface area contributed by atoms with Gasteiger partial charge in [-0.05, 0) is 38.5 Å². The van der Waals surface area contributed by atoms with Crippen LogP contribution in [-0.4, -0.2) is 20.8 Å². The van der Waals surface area contributed by atoms with E-state index in [1.807, 2.05) is 0 Å². The lowest BCUT2D eigenvalue weighted by Gasteiger charge is -2.26. The number of hydrogen-bond acceptors (Lipinski definition) is 3. The molecule has 2 unspecified atom stereocenters. The molecule has 106 valence electrons. The molecule has 0 amide bonds. The maximum absolute atomic E-state index is 6.13. The van der Waals surface area contributed by atoms with E-state index in [0.717, 1.165) is 18.8 Å². The van der Waals surface area contributed by atoms with Crippen molar-refractivity contribution >= 4 is 0 Å². The van der Waals surface area contributed by atoms with Gasteiger partial charge in [-0.1, -0.05) is 19.8 Å². The Morgan fingerprint density at radius 2 is 2.05 bits per heavy atom. The van der Waals surface area contributed by atoms with Crippen molar-refractivity contribution in [2.24, 2.45) is 5.73 Å². The van der Waals surface area contributed by atoms with Crippen LogP contribution in [0.5, 0.6) is 0 Å². The van der Waals surface area contributed by atoms with Crippen molar-refractivity contribution in [3.8, 4) is 0 Å². The van der Waals surface area contributed by atoms with Crippen LogP contribution in [0.25, 0.3) is 0 Å². The van der Waals surface area contributed by atoms with E-state index >= 15 is 0 Å². The summed E-state index contributed by atoms with van der Waals surface area (Å²) in [5.41, 5.74) is 6.13. The van der Waals surface area contributed by atoms with Crippen LogP contribution < -0.4 is 5.73 Å². The van der Waals surface area contributed by atoms with Crippen LogP contribution in [0.2, 0.25) is 0 Å². The number of nitrogens with zero attached hydrogens (tertiary/aromatic N) is 3. The van der Waals surface area contributed by atoms with Crippen molar-refractivity contribution in [3.05, 3.63) is 11.6 Å². The summed E-state index contributed by atoms with van der Waals surface area (Å²) in [5.74, 6) is 3.52. The lowest BCUT2D eigenvalue weighted by molar-refractivity contribution is 0.366. The Balaban J connectivity index is 1.80. The van der Waals surface area contributed by atoms with Gasteiger partial charge in [-0.25, -0.2) is 9.67 Å². The second-order valence-electron chi connectivity index (χ2n) is 6.30. The largest absolute Gasteiger partial charge is 0.328 e. The summed E-state index contributed by atoms with van der Waals surface area (Å²) in [7, 11) is 0. The van der Waals surface area contributed by atoms with Crippen molar-refractivity contribution in [1.82, 2.24) is 14.8 Å². The number of hydrogen-bond donors (Lipinski definition) is 1. The van der Waals surface area contributed by atoms with Crippen LogP contribution in [0, 0.1) is 0 Å². The van der Waals surface area contributed by atoms with Crippen molar-refractivity contribution in [2.45, 2.75) is 82.7 Å². The maximum atomic E-state index is 6.13. The zero-order valence-corrected chi connectivity index (χ0v) is 12.0.